The van der Waals surface area contributed by atoms with Gasteiger partial charge in [-0.3, -0.25) is 0 Å². The van der Waals surface area contributed by atoms with Crippen molar-refractivity contribution in [2.24, 2.45) is 0 Å². The molecule has 0 saturated carbocycles. The molecule has 0 fully saturated rings. The maximum Gasteiger partial charge on any atom is 0.139 e. The Morgan fingerprint density at radius 1 is 1.44 bits per heavy atom. The second kappa shape index (κ2) is 3.68. The molecule has 1 unspecified atom stereocenters. The van der Waals surface area contributed by atoms with E-state index in [4.69, 9.17) is 10.5 Å². The van der Waals surface area contributed by atoms with Gasteiger partial charge in [0.15, 0.2) is 0 Å². The van der Waals surface area contributed by atoms with Crippen LogP contribution in [0.25, 0.3) is 0 Å². The molecule has 0 aliphatic carbocycles. The average molecular weight is 233 g/mol. The lowest BCUT2D eigenvalue weighted by Gasteiger charge is -2.09. The predicted molar refractivity (Wildman–Crippen MR) is 64.8 cm³/mol. The molecule has 0 amide bonds. The normalized spacial score (nSPS) is 17.9. The summed E-state index contributed by atoms with van der Waals surface area (Å²) in [7, 11) is 0. The van der Waals surface area contributed by atoms with Crippen molar-refractivity contribution in [3.63, 3.8) is 0 Å². The Kier molecular flexibility index (Phi) is 2.18. The van der Waals surface area contributed by atoms with E-state index in [-0.39, 0.29) is 6.04 Å². The Bertz CT molecular complexity index is 511. The standard InChI is InChI=1S/C11H11N3OS/c12-10-5-11(16-14-10)13-8-6-15-9-4-2-1-3-7(8)9/h1-5,8,13H,6H2,(H2,12,14). The van der Waals surface area contributed by atoms with E-state index < -0.39 is 0 Å². The van der Waals surface area contributed by atoms with E-state index in [2.05, 4.69) is 15.8 Å². The number of nitrogens with zero attached hydrogens (tertiary/aromatic N) is 1. The van der Waals surface area contributed by atoms with E-state index in [1.807, 2.05) is 24.3 Å². The number of nitrogens with one attached hydrogen (secondary N) is 1. The van der Waals surface area contributed by atoms with Crippen molar-refractivity contribution in [2.45, 2.75) is 6.04 Å². The molecule has 0 saturated heterocycles. The van der Waals surface area contributed by atoms with Gasteiger partial charge in [0, 0.05) is 11.6 Å². The molecule has 2 heterocycles. The van der Waals surface area contributed by atoms with Crippen LogP contribution in [0.1, 0.15) is 11.6 Å². The van der Waals surface area contributed by atoms with Gasteiger partial charge in [-0.05, 0) is 17.6 Å². The molecule has 0 bridgehead atoms. The summed E-state index contributed by atoms with van der Waals surface area (Å²) in [5.41, 5.74) is 6.76. The zero-order valence-electron chi connectivity index (χ0n) is 8.51. The number of anilines is 2. The third kappa shape index (κ3) is 1.59. The monoisotopic (exact) mass is 233 g/mol. The minimum absolute atomic E-state index is 0.191. The largest absolute Gasteiger partial charge is 0.491 e. The van der Waals surface area contributed by atoms with Gasteiger partial charge in [-0.2, -0.15) is 4.37 Å². The van der Waals surface area contributed by atoms with Gasteiger partial charge >= 0.3 is 0 Å². The zero-order valence-corrected chi connectivity index (χ0v) is 9.33. The first-order valence-corrected chi connectivity index (χ1v) is 5.81. The third-order valence-corrected chi connectivity index (χ3v) is 3.28. The molecule has 1 aliphatic heterocycles. The first kappa shape index (κ1) is 9.47. The van der Waals surface area contributed by atoms with Gasteiger partial charge in [-0.15, -0.1) is 0 Å². The van der Waals surface area contributed by atoms with Gasteiger partial charge in [-0.25, -0.2) is 0 Å². The van der Waals surface area contributed by atoms with Crippen LogP contribution in [0.4, 0.5) is 10.8 Å². The van der Waals surface area contributed by atoms with Crippen LogP contribution >= 0.6 is 11.5 Å². The fraction of sp³-hybridized carbons (Fsp3) is 0.182. The molecule has 2 aromatic rings. The highest BCUT2D eigenvalue weighted by molar-refractivity contribution is 7.10. The molecule has 1 atom stereocenters. The van der Waals surface area contributed by atoms with Crippen molar-refractivity contribution in [2.75, 3.05) is 17.7 Å². The number of nitrogens with two attached hydrogens (primary N) is 1. The molecular weight excluding hydrogens is 222 g/mol. The van der Waals surface area contributed by atoms with Crippen molar-refractivity contribution in [3.05, 3.63) is 35.9 Å². The summed E-state index contributed by atoms with van der Waals surface area (Å²) in [6, 6.07) is 10.1. The smallest absolute Gasteiger partial charge is 0.139 e. The number of ether oxygens (including phenoxy) is 1. The SMILES string of the molecule is Nc1cc(NC2COc3ccccc32)sn1. The lowest BCUT2D eigenvalue weighted by atomic mass is 10.1. The van der Waals surface area contributed by atoms with E-state index in [9.17, 15) is 0 Å². The maximum absolute atomic E-state index is 5.58. The van der Waals surface area contributed by atoms with Crippen molar-refractivity contribution in [1.29, 1.82) is 0 Å². The van der Waals surface area contributed by atoms with Gasteiger partial charge in [-0.1, -0.05) is 18.2 Å². The number of nitrogen functional groups attached to an aromatic ring is 1. The minimum atomic E-state index is 0.191. The highest BCUT2D eigenvalue weighted by Crippen LogP contribution is 2.35. The number of rotatable bonds is 2. The van der Waals surface area contributed by atoms with Crippen LogP contribution in [0.5, 0.6) is 5.75 Å². The van der Waals surface area contributed by atoms with Crippen LogP contribution in [0, 0.1) is 0 Å². The summed E-state index contributed by atoms with van der Waals surface area (Å²) in [6.07, 6.45) is 0. The minimum Gasteiger partial charge on any atom is -0.491 e. The summed E-state index contributed by atoms with van der Waals surface area (Å²) in [6.45, 7) is 0.650. The van der Waals surface area contributed by atoms with Crippen molar-refractivity contribution in [1.82, 2.24) is 4.37 Å². The van der Waals surface area contributed by atoms with Gasteiger partial charge in [0.25, 0.3) is 0 Å². The first-order chi connectivity index (χ1) is 7.83. The van der Waals surface area contributed by atoms with Gasteiger partial charge < -0.3 is 15.8 Å². The van der Waals surface area contributed by atoms with E-state index in [1.54, 1.807) is 0 Å². The number of aromatic nitrogens is 1. The molecule has 1 aliphatic rings. The predicted octanol–water partition coefficient (Wildman–Crippen LogP) is 2.27. The quantitative estimate of drug-likeness (QED) is 0.835. The molecule has 5 heteroatoms. The van der Waals surface area contributed by atoms with Crippen LogP contribution in [-0.4, -0.2) is 11.0 Å². The number of benzene rings is 1. The van der Waals surface area contributed by atoms with Crippen LogP contribution in [0.2, 0.25) is 0 Å². The van der Waals surface area contributed by atoms with Crippen LogP contribution in [0.3, 0.4) is 0 Å². The molecular formula is C11H11N3OS. The van der Waals surface area contributed by atoms with E-state index >= 15 is 0 Å². The van der Waals surface area contributed by atoms with E-state index in [1.165, 1.54) is 17.1 Å². The Hall–Kier alpha value is -1.75. The number of hydrogen-bond acceptors (Lipinski definition) is 5. The molecule has 0 spiro atoms. The second-order valence-electron chi connectivity index (χ2n) is 3.66. The van der Waals surface area contributed by atoms with Crippen molar-refractivity contribution < 1.29 is 4.74 Å². The number of fused-ring (bicyclic) bond motifs is 1. The van der Waals surface area contributed by atoms with Crippen molar-refractivity contribution >= 4 is 22.4 Å². The summed E-state index contributed by atoms with van der Waals surface area (Å²) >= 11 is 1.37. The summed E-state index contributed by atoms with van der Waals surface area (Å²) in [5.74, 6) is 1.51. The van der Waals surface area contributed by atoms with Gasteiger partial charge in [0.05, 0.1) is 6.04 Å². The van der Waals surface area contributed by atoms with Gasteiger partial charge in [0.1, 0.15) is 23.2 Å². The topological polar surface area (TPSA) is 60.2 Å². The fourth-order valence-electron chi connectivity index (χ4n) is 1.81. The Morgan fingerprint density at radius 3 is 3.12 bits per heavy atom. The highest BCUT2D eigenvalue weighted by Gasteiger charge is 2.23. The first-order valence-electron chi connectivity index (χ1n) is 5.03. The molecule has 1 aromatic carbocycles. The number of para-hydroxylation sites is 1. The lowest BCUT2D eigenvalue weighted by Crippen LogP contribution is -2.10. The Labute approximate surface area is 97.2 Å². The lowest BCUT2D eigenvalue weighted by molar-refractivity contribution is 0.340. The van der Waals surface area contributed by atoms with E-state index in [0.29, 0.717) is 12.4 Å². The Balaban J connectivity index is 1.83. The summed E-state index contributed by atoms with van der Waals surface area (Å²) in [4.78, 5) is 0. The highest BCUT2D eigenvalue weighted by atomic mass is 32.1. The zero-order chi connectivity index (χ0) is 11.0. The fourth-order valence-corrected chi connectivity index (χ4v) is 2.44. The molecule has 82 valence electrons. The average Bonchev–Trinajstić information content (AvgIpc) is 2.87. The molecule has 3 N–H and O–H groups in total. The van der Waals surface area contributed by atoms with Crippen LogP contribution < -0.4 is 15.8 Å². The molecule has 16 heavy (non-hydrogen) atoms. The summed E-state index contributed by atoms with van der Waals surface area (Å²) in [5, 5.41) is 4.34. The maximum atomic E-state index is 5.58. The third-order valence-electron chi connectivity index (χ3n) is 2.54. The van der Waals surface area contributed by atoms with Crippen LogP contribution in [0.15, 0.2) is 30.3 Å². The van der Waals surface area contributed by atoms with E-state index in [0.717, 1.165) is 10.8 Å². The van der Waals surface area contributed by atoms with Crippen LogP contribution in [-0.2, 0) is 0 Å². The number of hydrogen-bond donors (Lipinski definition) is 2. The summed E-state index contributed by atoms with van der Waals surface area (Å²) < 4.78 is 9.61. The van der Waals surface area contributed by atoms with Crippen molar-refractivity contribution in [3.8, 4) is 5.75 Å². The molecule has 0 radical (unpaired) electrons. The molecule has 4 nitrogen and oxygen atoms in total. The molecule has 1 aromatic heterocycles. The Morgan fingerprint density at radius 2 is 2.31 bits per heavy atom. The van der Waals surface area contributed by atoms with Gasteiger partial charge in [0.2, 0.25) is 0 Å². The second-order valence-corrected chi connectivity index (χ2v) is 4.47. The molecule has 3 rings (SSSR count).